The summed E-state index contributed by atoms with van der Waals surface area (Å²) in [6.07, 6.45) is -0.348. The Morgan fingerprint density at radius 1 is 1.47 bits per heavy atom. The van der Waals surface area contributed by atoms with Crippen LogP contribution in [0, 0.1) is 0 Å². The van der Waals surface area contributed by atoms with Crippen LogP contribution in [0.25, 0.3) is 0 Å². The molecule has 2 rings (SSSR count). The van der Waals surface area contributed by atoms with Crippen LogP contribution in [0.4, 0.5) is 0 Å². The van der Waals surface area contributed by atoms with E-state index in [0.29, 0.717) is 6.61 Å². The zero-order valence-electron chi connectivity index (χ0n) is 11.5. The van der Waals surface area contributed by atoms with Crippen LogP contribution < -0.4 is 0 Å². The lowest BCUT2D eigenvalue weighted by atomic mass is 10.1. The van der Waals surface area contributed by atoms with Crippen molar-refractivity contribution in [1.29, 1.82) is 0 Å². The van der Waals surface area contributed by atoms with Gasteiger partial charge in [0.2, 0.25) is 0 Å². The zero-order valence-corrected chi connectivity index (χ0v) is 12.4. The largest absolute Gasteiger partial charge is 0.369 e. The molecule has 0 N–H and O–H groups in total. The second kappa shape index (κ2) is 6.96. The molecule has 0 aromatic heterocycles. The molecule has 4 heteroatoms. The van der Waals surface area contributed by atoms with E-state index in [0.717, 1.165) is 18.1 Å². The molecule has 0 bridgehead atoms. The van der Waals surface area contributed by atoms with Crippen molar-refractivity contribution in [3.05, 3.63) is 35.9 Å². The first-order valence-electron chi connectivity index (χ1n) is 6.78. The molecule has 1 amide bonds. The second-order valence-corrected chi connectivity index (χ2v) is 5.78. The summed E-state index contributed by atoms with van der Waals surface area (Å²) < 4.78 is 5.44. The monoisotopic (exact) mass is 279 g/mol. The maximum atomic E-state index is 12.5. The van der Waals surface area contributed by atoms with Gasteiger partial charge in [-0.3, -0.25) is 4.79 Å². The van der Waals surface area contributed by atoms with Gasteiger partial charge < -0.3 is 9.64 Å². The molecule has 1 aliphatic rings. The Balaban J connectivity index is 2.14. The minimum atomic E-state index is -0.348. The maximum Gasteiger partial charge on any atom is 0.251 e. The number of hydrogen-bond donors (Lipinski definition) is 0. The average Bonchev–Trinajstić information content (AvgIpc) is 2.47. The Kier molecular flexibility index (Phi) is 5.28. The van der Waals surface area contributed by atoms with Gasteiger partial charge in [-0.25, -0.2) is 0 Å². The van der Waals surface area contributed by atoms with E-state index in [9.17, 15) is 4.79 Å². The number of nitrogens with zero attached hydrogens (tertiary/aromatic N) is 1. The van der Waals surface area contributed by atoms with E-state index in [4.69, 9.17) is 4.74 Å². The van der Waals surface area contributed by atoms with Crippen LogP contribution in [0.3, 0.4) is 0 Å². The van der Waals surface area contributed by atoms with E-state index in [-0.39, 0.29) is 18.1 Å². The molecular formula is C15H21NO2S. The third-order valence-corrected chi connectivity index (χ3v) is 4.38. The van der Waals surface area contributed by atoms with Gasteiger partial charge in [0, 0.05) is 24.7 Å². The molecule has 0 radical (unpaired) electrons. The van der Waals surface area contributed by atoms with Crippen molar-refractivity contribution in [2.75, 3.05) is 24.7 Å². The van der Waals surface area contributed by atoms with Gasteiger partial charge in [-0.2, -0.15) is 11.8 Å². The van der Waals surface area contributed by atoms with Gasteiger partial charge in [0.25, 0.3) is 5.91 Å². The van der Waals surface area contributed by atoms with Gasteiger partial charge in [0.15, 0.2) is 0 Å². The summed E-state index contributed by atoms with van der Waals surface area (Å²) in [7, 11) is 0. The van der Waals surface area contributed by atoms with E-state index in [1.54, 1.807) is 0 Å². The minimum Gasteiger partial charge on any atom is -0.369 e. The Morgan fingerprint density at radius 2 is 2.21 bits per heavy atom. The summed E-state index contributed by atoms with van der Waals surface area (Å²) in [6.45, 7) is 5.14. The highest BCUT2D eigenvalue weighted by Crippen LogP contribution is 2.30. The Labute approximate surface area is 119 Å². The number of hydrogen-bond acceptors (Lipinski definition) is 3. The van der Waals surface area contributed by atoms with Crippen molar-refractivity contribution < 1.29 is 9.53 Å². The Morgan fingerprint density at radius 3 is 2.89 bits per heavy atom. The normalized spacial score (nSPS) is 21.2. The van der Waals surface area contributed by atoms with E-state index in [2.05, 4.69) is 12.1 Å². The summed E-state index contributed by atoms with van der Waals surface area (Å²) >= 11 is 1.91. The first kappa shape index (κ1) is 14.4. The quantitative estimate of drug-likeness (QED) is 0.849. The van der Waals surface area contributed by atoms with Crippen molar-refractivity contribution in [2.45, 2.75) is 26.0 Å². The second-order valence-electron chi connectivity index (χ2n) is 4.63. The molecule has 0 unspecified atom stereocenters. The number of carbonyl (C=O) groups excluding carboxylic acids is 1. The molecule has 104 valence electrons. The molecule has 1 aliphatic heterocycles. The number of rotatable bonds is 4. The molecule has 0 spiro atoms. The predicted molar refractivity (Wildman–Crippen MR) is 79.3 cm³/mol. The lowest BCUT2D eigenvalue weighted by molar-refractivity contribution is -0.144. The minimum absolute atomic E-state index is 0.107. The van der Waals surface area contributed by atoms with Crippen LogP contribution in [0.1, 0.15) is 25.5 Å². The molecule has 1 aromatic rings. The molecule has 1 fully saturated rings. The van der Waals surface area contributed by atoms with Crippen LogP contribution in [-0.4, -0.2) is 41.6 Å². The van der Waals surface area contributed by atoms with Crippen molar-refractivity contribution in [3.63, 3.8) is 0 Å². The number of benzene rings is 1. The fourth-order valence-electron chi connectivity index (χ4n) is 2.37. The molecule has 0 saturated carbocycles. The standard InChI is InChI=1S/C15H21NO2S/c1-3-18-12(2)15(17)16-9-10-19-11-14(16)13-7-5-4-6-8-13/h4-8,12,14H,3,9-11H2,1-2H3/t12-,14-/m0/s1. The summed E-state index contributed by atoms with van der Waals surface area (Å²) in [6, 6.07) is 10.4. The van der Waals surface area contributed by atoms with E-state index in [1.165, 1.54) is 5.56 Å². The van der Waals surface area contributed by atoms with Crippen LogP contribution in [0.5, 0.6) is 0 Å². The molecule has 1 aromatic carbocycles. The Hall–Kier alpha value is -1.00. The highest BCUT2D eigenvalue weighted by molar-refractivity contribution is 7.99. The average molecular weight is 279 g/mol. The van der Waals surface area contributed by atoms with Crippen molar-refractivity contribution in [2.24, 2.45) is 0 Å². The van der Waals surface area contributed by atoms with Crippen molar-refractivity contribution >= 4 is 17.7 Å². The highest BCUT2D eigenvalue weighted by atomic mass is 32.2. The summed E-state index contributed by atoms with van der Waals surface area (Å²) in [5.74, 6) is 2.08. The SMILES string of the molecule is CCO[C@@H](C)C(=O)N1CCSC[C@H]1c1ccccc1. The predicted octanol–water partition coefficient (Wildman–Crippen LogP) is 2.73. The summed E-state index contributed by atoms with van der Waals surface area (Å²) in [5, 5.41) is 0. The topological polar surface area (TPSA) is 29.5 Å². The number of amides is 1. The zero-order chi connectivity index (χ0) is 13.7. The van der Waals surface area contributed by atoms with Gasteiger partial charge in [-0.15, -0.1) is 0 Å². The maximum absolute atomic E-state index is 12.5. The van der Waals surface area contributed by atoms with Crippen molar-refractivity contribution in [3.8, 4) is 0 Å². The lowest BCUT2D eigenvalue weighted by Gasteiger charge is -2.37. The molecular weight excluding hydrogens is 258 g/mol. The first-order valence-corrected chi connectivity index (χ1v) is 7.94. The van der Waals surface area contributed by atoms with Gasteiger partial charge in [-0.05, 0) is 19.4 Å². The molecule has 0 aliphatic carbocycles. The number of ether oxygens (including phenoxy) is 1. The van der Waals surface area contributed by atoms with Crippen LogP contribution in [0.2, 0.25) is 0 Å². The lowest BCUT2D eigenvalue weighted by Crippen LogP contribution is -2.45. The van der Waals surface area contributed by atoms with Gasteiger partial charge in [-0.1, -0.05) is 30.3 Å². The van der Waals surface area contributed by atoms with Gasteiger partial charge in [0.1, 0.15) is 6.10 Å². The number of carbonyl (C=O) groups is 1. The fraction of sp³-hybridized carbons (Fsp3) is 0.533. The van der Waals surface area contributed by atoms with Gasteiger partial charge in [0.05, 0.1) is 6.04 Å². The number of thioether (sulfide) groups is 1. The van der Waals surface area contributed by atoms with E-state index in [1.807, 2.05) is 48.7 Å². The van der Waals surface area contributed by atoms with Crippen LogP contribution >= 0.6 is 11.8 Å². The molecule has 19 heavy (non-hydrogen) atoms. The van der Waals surface area contributed by atoms with E-state index < -0.39 is 0 Å². The molecule has 1 heterocycles. The Bertz CT molecular complexity index is 410. The smallest absolute Gasteiger partial charge is 0.251 e. The fourth-order valence-corrected chi connectivity index (χ4v) is 3.46. The van der Waals surface area contributed by atoms with Crippen LogP contribution in [0.15, 0.2) is 30.3 Å². The molecule has 2 atom stereocenters. The summed E-state index contributed by atoms with van der Waals surface area (Å²) in [4.78, 5) is 14.4. The first-order chi connectivity index (χ1) is 9.24. The van der Waals surface area contributed by atoms with Crippen molar-refractivity contribution in [1.82, 2.24) is 4.90 Å². The van der Waals surface area contributed by atoms with Gasteiger partial charge >= 0.3 is 0 Å². The van der Waals surface area contributed by atoms with E-state index >= 15 is 0 Å². The third kappa shape index (κ3) is 3.51. The molecule has 1 saturated heterocycles. The summed E-state index contributed by atoms with van der Waals surface area (Å²) in [5.41, 5.74) is 1.21. The van der Waals surface area contributed by atoms with Crippen LogP contribution in [-0.2, 0) is 9.53 Å². The third-order valence-electron chi connectivity index (χ3n) is 3.36. The molecule has 3 nitrogen and oxygen atoms in total. The highest BCUT2D eigenvalue weighted by Gasteiger charge is 2.30.